The Morgan fingerprint density at radius 2 is 2.15 bits per heavy atom. The van der Waals surface area contributed by atoms with Gasteiger partial charge in [0.1, 0.15) is 0 Å². The number of carbonyl (C=O) groups is 1. The molecule has 0 bridgehead atoms. The highest BCUT2D eigenvalue weighted by molar-refractivity contribution is 5.94. The van der Waals surface area contributed by atoms with Crippen molar-refractivity contribution in [3.63, 3.8) is 0 Å². The van der Waals surface area contributed by atoms with Crippen molar-refractivity contribution in [1.82, 2.24) is 24.2 Å². The summed E-state index contributed by atoms with van der Waals surface area (Å²) in [7, 11) is 1.72. The summed E-state index contributed by atoms with van der Waals surface area (Å²) in [6, 6.07) is 1.80. The first kappa shape index (κ1) is 15.9. The number of ether oxygens (including phenoxy) is 1. The fraction of sp³-hybridized carbons (Fsp3) is 0.611. The molecule has 138 valence electrons. The Labute approximate surface area is 150 Å². The normalized spacial score (nSPS) is 25.5. The fourth-order valence-electron chi connectivity index (χ4n) is 4.52. The number of aromatic nitrogens is 4. The van der Waals surface area contributed by atoms with E-state index in [4.69, 9.17) is 4.74 Å². The van der Waals surface area contributed by atoms with Crippen LogP contribution in [0.2, 0.25) is 0 Å². The zero-order valence-electron chi connectivity index (χ0n) is 14.9. The molecule has 0 aromatic carbocycles. The molecule has 2 aromatic heterocycles. The Morgan fingerprint density at radius 3 is 2.85 bits per heavy atom. The van der Waals surface area contributed by atoms with Crippen LogP contribution >= 0.6 is 0 Å². The average molecular weight is 357 g/mol. The van der Waals surface area contributed by atoms with Crippen molar-refractivity contribution in [3.8, 4) is 0 Å². The maximum atomic E-state index is 13.3. The van der Waals surface area contributed by atoms with Crippen LogP contribution in [-0.2, 0) is 24.9 Å². The molecule has 1 saturated heterocycles. The van der Waals surface area contributed by atoms with Gasteiger partial charge in [-0.15, -0.1) is 0 Å². The molecule has 1 N–H and O–H groups in total. The Kier molecular flexibility index (Phi) is 3.56. The molecule has 8 nitrogen and oxygen atoms in total. The summed E-state index contributed by atoms with van der Waals surface area (Å²) < 4.78 is 9.13. The highest BCUT2D eigenvalue weighted by Gasteiger charge is 2.47. The van der Waals surface area contributed by atoms with E-state index in [1.165, 1.54) is 12.8 Å². The molecule has 4 heterocycles. The quantitative estimate of drug-likeness (QED) is 0.890. The lowest BCUT2D eigenvalue weighted by Crippen LogP contribution is -2.34. The van der Waals surface area contributed by atoms with Crippen LogP contribution in [0.15, 0.2) is 17.1 Å². The topological polar surface area (TPSA) is 85.2 Å². The lowest BCUT2D eigenvalue weighted by atomic mass is 9.94. The highest BCUT2D eigenvalue weighted by Crippen LogP contribution is 2.50. The Balaban J connectivity index is 1.50. The van der Waals surface area contributed by atoms with E-state index in [1.807, 2.05) is 17.2 Å². The van der Waals surface area contributed by atoms with E-state index in [0.29, 0.717) is 43.0 Å². The fourth-order valence-corrected chi connectivity index (χ4v) is 4.52. The zero-order valence-corrected chi connectivity index (χ0v) is 14.9. The van der Waals surface area contributed by atoms with Gasteiger partial charge in [-0.25, -0.2) is 9.89 Å². The van der Waals surface area contributed by atoms with Crippen LogP contribution in [0.5, 0.6) is 0 Å². The SMILES string of the molecule is Cn1c(C2C(C3CC3)CCN2C(=O)c2cc3n(c2)CCOC3)n[nH]c1=O. The van der Waals surface area contributed by atoms with E-state index in [9.17, 15) is 9.59 Å². The van der Waals surface area contributed by atoms with Gasteiger partial charge in [-0.2, -0.15) is 5.10 Å². The van der Waals surface area contributed by atoms with E-state index in [0.717, 1.165) is 18.7 Å². The lowest BCUT2D eigenvalue weighted by Gasteiger charge is -2.27. The van der Waals surface area contributed by atoms with Crippen molar-refractivity contribution >= 4 is 5.91 Å². The number of likely N-dealkylation sites (tertiary alicyclic amines) is 1. The summed E-state index contributed by atoms with van der Waals surface area (Å²) >= 11 is 0. The van der Waals surface area contributed by atoms with E-state index in [-0.39, 0.29) is 17.6 Å². The van der Waals surface area contributed by atoms with Crippen molar-refractivity contribution in [1.29, 1.82) is 0 Å². The molecule has 0 radical (unpaired) electrons. The summed E-state index contributed by atoms with van der Waals surface area (Å²) in [5, 5.41) is 6.79. The number of fused-ring (bicyclic) bond motifs is 1. The van der Waals surface area contributed by atoms with Crippen LogP contribution in [-0.4, -0.2) is 43.3 Å². The third-order valence-electron chi connectivity index (χ3n) is 6.07. The number of carbonyl (C=O) groups excluding carboxylic acids is 1. The third-order valence-corrected chi connectivity index (χ3v) is 6.07. The first-order valence-corrected chi connectivity index (χ1v) is 9.32. The number of rotatable bonds is 3. The number of amides is 1. The zero-order chi connectivity index (χ0) is 17.8. The maximum absolute atomic E-state index is 13.3. The van der Waals surface area contributed by atoms with Crippen molar-refractivity contribution in [2.45, 2.75) is 38.5 Å². The van der Waals surface area contributed by atoms with Gasteiger partial charge in [-0.1, -0.05) is 0 Å². The van der Waals surface area contributed by atoms with Crippen LogP contribution < -0.4 is 5.69 Å². The van der Waals surface area contributed by atoms with Crippen molar-refractivity contribution in [2.24, 2.45) is 18.9 Å². The van der Waals surface area contributed by atoms with Crippen LogP contribution in [0.1, 0.15) is 47.2 Å². The first-order chi connectivity index (χ1) is 12.6. The average Bonchev–Trinajstić information content (AvgIpc) is 3.12. The standard InChI is InChI=1S/C18H23N5O3/c1-21-16(19-20-18(21)25)15-14(11-2-3-11)4-5-23(15)17(24)12-8-13-10-26-7-6-22(13)9-12/h8-9,11,14-15H,2-7,10H2,1H3,(H,20,25). The highest BCUT2D eigenvalue weighted by atomic mass is 16.5. The number of nitrogens with zero attached hydrogens (tertiary/aromatic N) is 4. The minimum Gasteiger partial charge on any atom is -0.373 e. The molecule has 1 amide bonds. The van der Waals surface area contributed by atoms with Gasteiger partial charge < -0.3 is 14.2 Å². The summed E-state index contributed by atoms with van der Waals surface area (Å²) in [5.41, 5.74) is 1.51. The Bertz CT molecular complexity index is 883. The molecule has 26 heavy (non-hydrogen) atoms. The second kappa shape index (κ2) is 5.84. The van der Waals surface area contributed by atoms with Gasteiger partial charge in [0.2, 0.25) is 0 Å². The molecular formula is C18H23N5O3. The Morgan fingerprint density at radius 1 is 1.31 bits per heavy atom. The molecule has 5 rings (SSSR count). The summed E-state index contributed by atoms with van der Waals surface area (Å²) in [6.07, 6.45) is 5.32. The van der Waals surface area contributed by atoms with Gasteiger partial charge in [0.25, 0.3) is 5.91 Å². The summed E-state index contributed by atoms with van der Waals surface area (Å²) in [5.74, 6) is 1.72. The van der Waals surface area contributed by atoms with Gasteiger partial charge in [0.05, 0.1) is 24.8 Å². The number of aromatic amines is 1. The molecule has 1 saturated carbocycles. The third kappa shape index (κ3) is 2.43. The van der Waals surface area contributed by atoms with Crippen LogP contribution in [0.25, 0.3) is 0 Å². The van der Waals surface area contributed by atoms with Gasteiger partial charge >= 0.3 is 5.69 Å². The predicted molar refractivity (Wildman–Crippen MR) is 92.5 cm³/mol. The van der Waals surface area contributed by atoms with E-state index >= 15 is 0 Å². The van der Waals surface area contributed by atoms with Gasteiger partial charge in [0, 0.05) is 32.0 Å². The molecule has 1 aliphatic carbocycles. The monoisotopic (exact) mass is 357 g/mol. The van der Waals surface area contributed by atoms with Crippen LogP contribution in [0, 0.1) is 11.8 Å². The second-order valence-corrected chi connectivity index (χ2v) is 7.65. The van der Waals surface area contributed by atoms with Gasteiger partial charge in [-0.3, -0.25) is 9.36 Å². The largest absolute Gasteiger partial charge is 0.373 e. The number of hydrogen-bond acceptors (Lipinski definition) is 4. The smallest absolute Gasteiger partial charge is 0.343 e. The number of hydrogen-bond donors (Lipinski definition) is 1. The van der Waals surface area contributed by atoms with E-state index in [2.05, 4.69) is 14.8 Å². The Hall–Kier alpha value is -2.35. The van der Waals surface area contributed by atoms with Crippen molar-refractivity contribution < 1.29 is 9.53 Å². The molecule has 8 heteroatoms. The lowest BCUT2D eigenvalue weighted by molar-refractivity contribution is 0.0701. The number of nitrogens with one attached hydrogen (secondary N) is 1. The molecule has 2 unspecified atom stereocenters. The van der Waals surface area contributed by atoms with Crippen molar-refractivity contribution in [2.75, 3.05) is 13.2 Å². The minimum atomic E-state index is -0.231. The molecule has 3 aliphatic rings. The molecular weight excluding hydrogens is 334 g/mol. The van der Waals surface area contributed by atoms with Crippen LogP contribution in [0.4, 0.5) is 0 Å². The van der Waals surface area contributed by atoms with Crippen molar-refractivity contribution in [3.05, 3.63) is 39.8 Å². The summed E-state index contributed by atoms with van der Waals surface area (Å²) in [4.78, 5) is 27.1. The maximum Gasteiger partial charge on any atom is 0.343 e. The predicted octanol–water partition coefficient (Wildman–Crippen LogP) is 1.05. The molecule has 2 aliphatic heterocycles. The molecule has 2 aromatic rings. The molecule has 0 spiro atoms. The molecule has 2 fully saturated rings. The first-order valence-electron chi connectivity index (χ1n) is 9.32. The van der Waals surface area contributed by atoms with Gasteiger partial charge in [-0.05, 0) is 37.2 Å². The minimum absolute atomic E-state index is 0.0236. The van der Waals surface area contributed by atoms with Gasteiger partial charge in [0.15, 0.2) is 5.82 Å². The van der Waals surface area contributed by atoms with E-state index in [1.54, 1.807) is 11.6 Å². The van der Waals surface area contributed by atoms with E-state index < -0.39 is 0 Å². The second-order valence-electron chi connectivity index (χ2n) is 7.65. The molecule has 2 atom stereocenters. The summed E-state index contributed by atoms with van der Waals surface area (Å²) in [6.45, 7) is 2.73. The number of H-pyrrole nitrogens is 1. The van der Waals surface area contributed by atoms with Crippen LogP contribution in [0.3, 0.4) is 0 Å².